The maximum absolute atomic E-state index is 13.5. The van der Waals surface area contributed by atoms with Gasteiger partial charge >= 0.3 is 0 Å². The van der Waals surface area contributed by atoms with E-state index in [4.69, 9.17) is 4.42 Å². The van der Waals surface area contributed by atoms with Crippen LogP contribution in [0.2, 0.25) is 0 Å². The van der Waals surface area contributed by atoms with Gasteiger partial charge in [0.15, 0.2) is 0 Å². The lowest BCUT2D eigenvalue weighted by atomic mass is 10.1. The third kappa shape index (κ3) is 2.98. The Bertz CT molecular complexity index is 578. The van der Waals surface area contributed by atoms with E-state index in [1.165, 1.54) is 18.9 Å². The van der Waals surface area contributed by atoms with Gasteiger partial charge in [-0.25, -0.2) is 4.39 Å². The zero-order chi connectivity index (χ0) is 13.2. The average molecular weight is 261 g/mol. The van der Waals surface area contributed by atoms with E-state index >= 15 is 0 Å². The van der Waals surface area contributed by atoms with E-state index in [1.54, 1.807) is 19.1 Å². The fourth-order valence-electron chi connectivity index (χ4n) is 1.87. The Labute approximate surface area is 111 Å². The summed E-state index contributed by atoms with van der Waals surface area (Å²) in [5.41, 5.74) is 1.23. The minimum Gasteiger partial charge on any atom is -0.421 e. The van der Waals surface area contributed by atoms with Gasteiger partial charge in [-0.3, -0.25) is 0 Å². The monoisotopic (exact) mass is 261 g/mol. The molecule has 0 saturated heterocycles. The summed E-state index contributed by atoms with van der Waals surface area (Å²) in [6.07, 6.45) is 3.23. The molecule has 0 amide bonds. The topological polar surface area (TPSA) is 51.0 Å². The molecule has 2 aromatic rings. The van der Waals surface area contributed by atoms with Crippen molar-refractivity contribution < 1.29 is 8.81 Å². The van der Waals surface area contributed by atoms with E-state index in [0.717, 1.165) is 6.54 Å². The van der Waals surface area contributed by atoms with Crippen molar-refractivity contribution >= 4 is 0 Å². The normalized spacial score (nSPS) is 14.8. The molecule has 4 nitrogen and oxygen atoms in total. The number of benzene rings is 1. The summed E-state index contributed by atoms with van der Waals surface area (Å²) in [6.45, 7) is 2.57. The summed E-state index contributed by atoms with van der Waals surface area (Å²) >= 11 is 0. The van der Waals surface area contributed by atoms with Gasteiger partial charge in [-0.05, 0) is 37.5 Å². The summed E-state index contributed by atoms with van der Waals surface area (Å²) in [6, 6.07) is 5.60. The lowest BCUT2D eigenvalue weighted by molar-refractivity contribution is 0.493. The summed E-state index contributed by atoms with van der Waals surface area (Å²) in [5, 5.41) is 11.3. The molecule has 1 aliphatic carbocycles. The van der Waals surface area contributed by atoms with Gasteiger partial charge < -0.3 is 9.73 Å². The fourth-order valence-corrected chi connectivity index (χ4v) is 1.87. The summed E-state index contributed by atoms with van der Waals surface area (Å²) in [7, 11) is 0. The lowest BCUT2D eigenvalue weighted by Crippen LogP contribution is -2.19. The average Bonchev–Trinajstić information content (AvgIpc) is 3.10. The second-order valence-electron chi connectivity index (χ2n) is 4.94. The molecule has 0 radical (unpaired) electrons. The SMILES string of the molecule is Cc1ccc(-c2nnc(CCNC3CC3)o2)cc1F. The van der Waals surface area contributed by atoms with Gasteiger partial charge in [0.25, 0.3) is 0 Å². The number of rotatable bonds is 5. The Morgan fingerprint density at radius 2 is 2.21 bits per heavy atom. The van der Waals surface area contributed by atoms with Crippen LogP contribution in [0, 0.1) is 12.7 Å². The quantitative estimate of drug-likeness (QED) is 0.898. The Morgan fingerprint density at radius 1 is 1.37 bits per heavy atom. The Hall–Kier alpha value is -1.75. The molecule has 1 saturated carbocycles. The number of aromatic nitrogens is 2. The first-order chi connectivity index (χ1) is 9.22. The van der Waals surface area contributed by atoms with Crippen LogP contribution in [-0.2, 0) is 6.42 Å². The van der Waals surface area contributed by atoms with Gasteiger partial charge in [0.1, 0.15) is 5.82 Å². The molecular formula is C14H16FN3O. The lowest BCUT2D eigenvalue weighted by Gasteiger charge is -1.99. The minimum atomic E-state index is -0.257. The van der Waals surface area contributed by atoms with Gasteiger partial charge in [0.2, 0.25) is 11.8 Å². The van der Waals surface area contributed by atoms with Crippen LogP contribution in [0.4, 0.5) is 4.39 Å². The first kappa shape index (κ1) is 12.3. The summed E-state index contributed by atoms with van der Waals surface area (Å²) in [4.78, 5) is 0. The zero-order valence-electron chi connectivity index (χ0n) is 10.8. The number of hydrogen-bond donors (Lipinski definition) is 1. The van der Waals surface area contributed by atoms with E-state index in [1.807, 2.05) is 0 Å². The molecule has 1 fully saturated rings. The van der Waals surface area contributed by atoms with Crippen LogP contribution in [-0.4, -0.2) is 22.8 Å². The highest BCUT2D eigenvalue weighted by molar-refractivity contribution is 5.53. The van der Waals surface area contributed by atoms with Crippen LogP contribution in [0.1, 0.15) is 24.3 Å². The molecule has 1 aliphatic rings. The molecule has 0 unspecified atom stereocenters. The summed E-state index contributed by atoms with van der Waals surface area (Å²) < 4.78 is 19.0. The van der Waals surface area contributed by atoms with Gasteiger partial charge in [-0.2, -0.15) is 0 Å². The first-order valence-corrected chi connectivity index (χ1v) is 6.54. The van der Waals surface area contributed by atoms with E-state index in [9.17, 15) is 4.39 Å². The highest BCUT2D eigenvalue weighted by Crippen LogP contribution is 2.21. The van der Waals surface area contributed by atoms with Crippen molar-refractivity contribution in [3.63, 3.8) is 0 Å². The molecule has 1 N–H and O–H groups in total. The molecule has 0 bridgehead atoms. The Kier molecular flexibility index (Phi) is 3.29. The largest absolute Gasteiger partial charge is 0.421 e. The predicted octanol–water partition coefficient (Wildman–Crippen LogP) is 2.48. The standard InChI is InChI=1S/C14H16FN3O/c1-9-2-3-10(8-12(9)15)14-18-17-13(19-14)6-7-16-11-4-5-11/h2-3,8,11,16H,4-7H2,1H3. The van der Waals surface area contributed by atoms with E-state index in [-0.39, 0.29) is 5.82 Å². The Morgan fingerprint density at radius 3 is 2.95 bits per heavy atom. The number of aryl methyl sites for hydroxylation is 1. The van der Waals surface area contributed by atoms with Crippen molar-refractivity contribution in [2.75, 3.05) is 6.54 Å². The van der Waals surface area contributed by atoms with Crippen LogP contribution in [0.25, 0.3) is 11.5 Å². The molecule has 0 atom stereocenters. The maximum Gasteiger partial charge on any atom is 0.247 e. The molecule has 5 heteroatoms. The molecule has 1 aromatic carbocycles. The number of hydrogen-bond acceptors (Lipinski definition) is 4. The van der Waals surface area contributed by atoms with E-state index in [2.05, 4.69) is 15.5 Å². The number of nitrogens with zero attached hydrogens (tertiary/aromatic N) is 2. The second-order valence-corrected chi connectivity index (χ2v) is 4.94. The minimum absolute atomic E-state index is 0.257. The molecule has 19 heavy (non-hydrogen) atoms. The third-order valence-electron chi connectivity index (χ3n) is 3.23. The van der Waals surface area contributed by atoms with Crippen LogP contribution >= 0.6 is 0 Å². The second kappa shape index (κ2) is 5.09. The van der Waals surface area contributed by atoms with Crippen LogP contribution in [0.15, 0.2) is 22.6 Å². The smallest absolute Gasteiger partial charge is 0.247 e. The highest BCUT2D eigenvalue weighted by atomic mass is 19.1. The van der Waals surface area contributed by atoms with Crippen molar-refractivity contribution in [1.29, 1.82) is 0 Å². The van der Waals surface area contributed by atoms with Crippen molar-refractivity contribution in [3.8, 4) is 11.5 Å². The molecule has 1 aromatic heterocycles. The highest BCUT2D eigenvalue weighted by Gasteiger charge is 2.20. The molecule has 3 rings (SSSR count). The van der Waals surface area contributed by atoms with Crippen LogP contribution in [0.5, 0.6) is 0 Å². The van der Waals surface area contributed by atoms with E-state index in [0.29, 0.717) is 35.4 Å². The fraction of sp³-hybridized carbons (Fsp3) is 0.429. The van der Waals surface area contributed by atoms with Crippen molar-refractivity contribution in [1.82, 2.24) is 15.5 Å². The van der Waals surface area contributed by atoms with Crippen LogP contribution in [0.3, 0.4) is 0 Å². The molecular weight excluding hydrogens is 245 g/mol. The molecule has 1 heterocycles. The predicted molar refractivity (Wildman–Crippen MR) is 69.2 cm³/mol. The van der Waals surface area contributed by atoms with Crippen molar-refractivity contribution in [2.24, 2.45) is 0 Å². The van der Waals surface area contributed by atoms with Crippen molar-refractivity contribution in [2.45, 2.75) is 32.2 Å². The molecule has 0 spiro atoms. The molecule has 100 valence electrons. The number of halogens is 1. The zero-order valence-corrected chi connectivity index (χ0v) is 10.8. The van der Waals surface area contributed by atoms with Gasteiger partial charge in [0.05, 0.1) is 0 Å². The third-order valence-corrected chi connectivity index (χ3v) is 3.23. The summed E-state index contributed by atoms with van der Waals surface area (Å²) in [5.74, 6) is 0.706. The number of nitrogens with one attached hydrogen (secondary N) is 1. The van der Waals surface area contributed by atoms with Gasteiger partial charge in [0, 0.05) is 24.6 Å². The van der Waals surface area contributed by atoms with Gasteiger partial charge in [-0.15, -0.1) is 10.2 Å². The van der Waals surface area contributed by atoms with Crippen molar-refractivity contribution in [3.05, 3.63) is 35.5 Å². The van der Waals surface area contributed by atoms with E-state index < -0.39 is 0 Å². The first-order valence-electron chi connectivity index (χ1n) is 6.54. The Balaban J connectivity index is 1.67. The van der Waals surface area contributed by atoms with Gasteiger partial charge in [-0.1, -0.05) is 6.07 Å². The molecule has 0 aliphatic heterocycles. The maximum atomic E-state index is 13.5. The van der Waals surface area contributed by atoms with Crippen LogP contribution < -0.4 is 5.32 Å².